The van der Waals surface area contributed by atoms with Crippen molar-refractivity contribution in [3.63, 3.8) is 0 Å². The van der Waals surface area contributed by atoms with Gasteiger partial charge in [0.1, 0.15) is 5.75 Å². The first kappa shape index (κ1) is 11.5. The molecule has 0 bridgehead atoms. The summed E-state index contributed by atoms with van der Waals surface area (Å²) < 4.78 is 5.34. The summed E-state index contributed by atoms with van der Waals surface area (Å²) in [7, 11) is 1.73. The Kier molecular flexibility index (Phi) is 3.20. The van der Waals surface area contributed by atoms with Crippen LogP contribution < -0.4 is 10.1 Å². The molecule has 0 aliphatic carbocycles. The van der Waals surface area contributed by atoms with E-state index in [2.05, 4.69) is 38.2 Å². The second-order valence-electron chi connectivity index (χ2n) is 4.91. The van der Waals surface area contributed by atoms with Crippen molar-refractivity contribution in [2.45, 2.75) is 33.2 Å². The third-order valence-corrected chi connectivity index (χ3v) is 3.73. The minimum absolute atomic E-state index is 0.527. The maximum absolute atomic E-state index is 5.34. The van der Waals surface area contributed by atoms with Crippen LogP contribution in [0, 0.1) is 19.8 Å². The summed E-state index contributed by atoms with van der Waals surface area (Å²) in [6.07, 6.45) is 1.24. The van der Waals surface area contributed by atoms with E-state index in [0.29, 0.717) is 6.04 Å². The molecule has 1 fully saturated rings. The smallest absolute Gasteiger partial charge is 0.122 e. The van der Waals surface area contributed by atoms with Crippen molar-refractivity contribution in [2.75, 3.05) is 13.7 Å². The first-order valence-electron chi connectivity index (χ1n) is 6.01. The molecule has 0 unspecified atom stereocenters. The highest BCUT2D eigenvalue weighted by atomic mass is 16.5. The Hall–Kier alpha value is -1.02. The van der Waals surface area contributed by atoms with Crippen LogP contribution in [0.1, 0.15) is 36.1 Å². The molecule has 2 rings (SSSR count). The van der Waals surface area contributed by atoms with Crippen molar-refractivity contribution < 1.29 is 4.74 Å². The van der Waals surface area contributed by atoms with Gasteiger partial charge in [-0.05, 0) is 55.5 Å². The minimum Gasteiger partial charge on any atom is -0.496 e. The topological polar surface area (TPSA) is 21.3 Å². The summed E-state index contributed by atoms with van der Waals surface area (Å²) in [5.74, 6) is 1.78. The third kappa shape index (κ3) is 1.94. The first-order valence-corrected chi connectivity index (χ1v) is 6.01. The number of nitrogens with one attached hydrogen (secondary N) is 1. The molecule has 1 aliphatic rings. The minimum atomic E-state index is 0.527. The van der Waals surface area contributed by atoms with Crippen LogP contribution in [0.5, 0.6) is 5.75 Å². The number of ether oxygens (including phenoxy) is 1. The lowest BCUT2D eigenvalue weighted by Gasteiger charge is -2.17. The summed E-state index contributed by atoms with van der Waals surface area (Å²) in [6, 6.07) is 4.82. The lowest BCUT2D eigenvalue weighted by atomic mass is 9.94. The Labute approximate surface area is 98.0 Å². The number of hydrogen-bond acceptors (Lipinski definition) is 2. The number of rotatable bonds is 2. The molecule has 0 radical (unpaired) electrons. The monoisotopic (exact) mass is 219 g/mol. The molecule has 1 aromatic rings. The second kappa shape index (κ2) is 4.46. The van der Waals surface area contributed by atoms with Gasteiger partial charge in [-0.15, -0.1) is 0 Å². The Morgan fingerprint density at radius 1 is 1.25 bits per heavy atom. The molecule has 1 N–H and O–H groups in total. The Morgan fingerprint density at radius 2 is 2.00 bits per heavy atom. The molecule has 16 heavy (non-hydrogen) atoms. The Balaban J connectivity index is 2.32. The van der Waals surface area contributed by atoms with Gasteiger partial charge in [-0.25, -0.2) is 0 Å². The molecule has 0 spiro atoms. The van der Waals surface area contributed by atoms with Gasteiger partial charge in [0, 0.05) is 6.04 Å². The molecule has 2 atom stereocenters. The van der Waals surface area contributed by atoms with Crippen molar-refractivity contribution >= 4 is 0 Å². The predicted octanol–water partition coefficient (Wildman–Crippen LogP) is 2.98. The van der Waals surface area contributed by atoms with E-state index in [4.69, 9.17) is 4.74 Å². The number of hydrogen-bond donors (Lipinski definition) is 1. The van der Waals surface area contributed by atoms with E-state index in [0.717, 1.165) is 18.2 Å². The molecule has 2 heteroatoms. The van der Waals surface area contributed by atoms with Gasteiger partial charge in [-0.1, -0.05) is 13.0 Å². The quantitative estimate of drug-likeness (QED) is 0.825. The van der Waals surface area contributed by atoms with Gasteiger partial charge in [0.05, 0.1) is 7.11 Å². The van der Waals surface area contributed by atoms with Crippen LogP contribution in [0.4, 0.5) is 0 Å². The fraction of sp³-hybridized carbons (Fsp3) is 0.571. The van der Waals surface area contributed by atoms with Gasteiger partial charge in [0.2, 0.25) is 0 Å². The standard InChI is InChI=1S/C14H21NO/c1-9-7-13(15-8-9)12-5-6-14(16-4)11(3)10(12)2/h5-6,9,13,15H,7-8H2,1-4H3/t9-,13-/m0/s1. The van der Waals surface area contributed by atoms with Crippen LogP contribution in [0.15, 0.2) is 12.1 Å². The molecule has 1 aromatic carbocycles. The van der Waals surface area contributed by atoms with E-state index in [-0.39, 0.29) is 0 Å². The molecule has 0 saturated carbocycles. The van der Waals surface area contributed by atoms with E-state index in [1.165, 1.54) is 23.1 Å². The molecule has 0 aromatic heterocycles. The van der Waals surface area contributed by atoms with Crippen molar-refractivity contribution in [3.8, 4) is 5.75 Å². The van der Waals surface area contributed by atoms with Crippen LogP contribution in [-0.2, 0) is 0 Å². The lowest BCUT2D eigenvalue weighted by Crippen LogP contribution is -2.15. The van der Waals surface area contributed by atoms with E-state index in [1.54, 1.807) is 7.11 Å². The zero-order valence-corrected chi connectivity index (χ0v) is 10.6. The normalized spacial score (nSPS) is 24.8. The van der Waals surface area contributed by atoms with Crippen molar-refractivity contribution in [2.24, 2.45) is 5.92 Å². The second-order valence-corrected chi connectivity index (χ2v) is 4.91. The SMILES string of the molecule is COc1ccc([C@@H]2C[C@H](C)CN2)c(C)c1C. The molecule has 0 amide bonds. The molecule has 2 nitrogen and oxygen atoms in total. The van der Waals surface area contributed by atoms with Gasteiger partial charge in [-0.3, -0.25) is 0 Å². The predicted molar refractivity (Wildman–Crippen MR) is 67.0 cm³/mol. The highest BCUT2D eigenvalue weighted by Gasteiger charge is 2.24. The summed E-state index contributed by atoms with van der Waals surface area (Å²) in [5.41, 5.74) is 4.06. The largest absolute Gasteiger partial charge is 0.496 e. The summed E-state index contributed by atoms with van der Waals surface area (Å²) in [6.45, 7) is 7.77. The van der Waals surface area contributed by atoms with Crippen molar-refractivity contribution in [1.82, 2.24) is 5.32 Å². The molecular formula is C14H21NO. The van der Waals surface area contributed by atoms with E-state index < -0.39 is 0 Å². The zero-order valence-electron chi connectivity index (χ0n) is 10.6. The number of benzene rings is 1. The molecular weight excluding hydrogens is 198 g/mol. The van der Waals surface area contributed by atoms with E-state index in [1.807, 2.05) is 0 Å². The molecule has 1 aliphatic heterocycles. The van der Waals surface area contributed by atoms with Gasteiger partial charge in [0.15, 0.2) is 0 Å². The van der Waals surface area contributed by atoms with Gasteiger partial charge < -0.3 is 10.1 Å². The number of methoxy groups -OCH3 is 1. The Morgan fingerprint density at radius 3 is 2.56 bits per heavy atom. The van der Waals surface area contributed by atoms with E-state index in [9.17, 15) is 0 Å². The van der Waals surface area contributed by atoms with Gasteiger partial charge in [-0.2, -0.15) is 0 Å². The van der Waals surface area contributed by atoms with Crippen LogP contribution >= 0.6 is 0 Å². The molecule has 88 valence electrons. The molecule has 1 heterocycles. The van der Waals surface area contributed by atoms with Crippen LogP contribution in [0.2, 0.25) is 0 Å². The van der Waals surface area contributed by atoms with Crippen LogP contribution in [0.25, 0.3) is 0 Å². The summed E-state index contributed by atoms with van der Waals surface area (Å²) in [5, 5.41) is 3.59. The third-order valence-electron chi connectivity index (χ3n) is 3.73. The average Bonchev–Trinajstić information content (AvgIpc) is 2.69. The lowest BCUT2D eigenvalue weighted by molar-refractivity contribution is 0.410. The van der Waals surface area contributed by atoms with Crippen molar-refractivity contribution in [1.29, 1.82) is 0 Å². The van der Waals surface area contributed by atoms with Gasteiger partial charge >= 0.3 is 0 Å². The van der Waals surface area contributed by atoms with Crippen molar-refractivity contribution in [3.05, 3.63) is 28.8 Å². The van der Waals surface area contributed by atoms with Gasteiger partial charge in [0.25, 0.3) is 0 Å². The average molecular weight is 219 g/mol. The maximum Gasteiger partial charge on any atom is 0.122 e. The highest BCUT2D eigenvalue weighted by Crippen LogP contribution is 2.33. The zero-order chi connectivity index (χ0) is 11.7. The maximum atomic E-state index is 5.34. The van der Waals surface area contributed by atoms with E-state index >= 15 is 0 Å². The fourth-order valence-electron chi connectivity index (χ4n) is 2.56. The first-order chi connectivity index (χ1) is 7.63. The highest BCUT2D eigenvalue weighted by molar-refractivity contribution is 5.45. The summed E-state index contributed by atoms with van der Waals surface area (Å²) >= 11 is 0. The van der Waals surface area contributed by atoms with Crippen LogP contribution in [0.3, 0.4) is 0 Å². The van der Waals surface area contributed by atoms with Crippen LogP contribution in [-0.4, -0.2) is 13.7 Å². The molecule has 1 saturated heterocycles. The Bertz CT molecular complexity index is 387. The summed E-state index contributed by atoms with van der Waals surface area (Å²) in [4.78, 5) is 0. The fourth-order valence-corrected chi connectivity index (χ4v) is 2.56.